The van der Waals surface area contributed by atoms with E-state index < -0.39 is 12.1 Å². The molecule has 0 radical (unpaired) electrons. The van der Waals surface area contributed by atoms with Crippen LogP contribution in [0.2, 0.25) is 0 Å². The molecule has 10 heteroatoms. The maximum atomic E-state index is 11.4. The fourth-order valence-electron chi connectivity index (χ4n) is 1.01. The maximum Gasteiger partial charge on any atom is 0.237 e. The smallest absolute Gasteiger partial charge is 0.237 e. The predicted molar refractivity (Wildman–Crippen MR) is 81.1 cm³/mol. The van der Waals surface area contributed by atoms with E-state index in [0.29, 0.717) is 11.5 Å². The molecule has 118 valence electrons. The van der Waals surface area contributed by atoms with Crippen molar-refractivity contribution < 1.29 is 19.8 Å². The first-order valence-electron chi connectivity index (χ1n) is 6.05. The van der Waals surface area contributed by atoms with Crippen molar-refractivity contribution in [1.82, 2.24) is 10.6 Å². The molecule has 20 heavy (non-hydrogen) atoms. The van der Waals surface area contributed by atoms with Gasteiger partial charge in [0.2, 0.25) is 11.8 Å². The van der Waals surface area contributed by atoms with Gasteiger partial charge in [-0.15, -0.1) is 0 Å². The summed E-state index contributed by atoms with van der Waals surface area (Å²) in [6, 6.07) is -1.34. The zero-order chi connectivity index (χ0) is 15.4. The highest BCUT2D eigenvalue weighted by atomic mass is 33.1. The summed E-state index contributed by atoms with van der Waals surface area (Å²) in [5.41, 5.74) is 11.3. The summed E-state index contributed by atoms with van der Waals surface area (Å²) in [6.45, 7) is 0.108. The maximum absolute atomic E-state index is 11.4. The molecule has 0 aliphatic carbocycles. The van der Waals surface area contributed by atoms with Gasteiger partial charge in [-0.3, -0.25) is 9.59 Å². The van der Waals surface area contributed by atoms with E-state index in [9.17, 15) is 9.59 Å². The van der Waals surface area contributed by atoms with Crippen LogP contribution in [0, 0.1) is 0 Å². The molecule has 2 amide bonds. The summed E-state index contributed by atoms with van der Waals surface area (Å²) < 4.78 is 0. The summed E-state index contributed by atoms with van der Waals surface area (Å²) >= 11 is 0. The van der Waals surface area contributed by atoms with E-state index in [1.54, 1.807) is 0 Å². The molecule has 0 aromatic rings. The number of carbonyl (C=O) groups excluding carboxylic acids is 2. The van der Waals surface area contributed by atoms with Crippen molar-refractivity contribution in [2.24, 2.45) is 11.5 Å². The lowest BCUT2D eigenvalue weighted by atomic mass is 10.3. The van der Waals surface area contributed by atoms with Gasteiger partial charge in [-0.1, -0.05) is 21.6 Å². The van der Waals surface area contributed by atoms with Gasteiger partial charge < -0.3 is 32.3 Å². The minimum Gasteiger partial charge on any atom is -0.395 e. The summed E-state index contributed by atoms with van der Waals surface area (Å²) in [5, 5.41) is 22.1. The van der Waals surface area contributed by atoms with Crippen LogP contribution in [-0.4, -0.2) is 71.9 Å². The molecule has 0 aromatic heterocycles. The highest BCUT2D eigenvalue weighted by molar-refractivity contribution is 8.76. The van der Waals surface area contributed by atoms with Crippen LogP contribution in [0.1, 0.15) is 0 Å². The molecule has 0 spiro atoms. The van der Waals surface area contributed by atoms with Crippen LogP contribution in [0.4, 0.5) is 0 Å². The normalized spacial score (nSPS) is 13.6. The van der Waals surface area contributed by atoms with Crippen molar-refractivity contribution in [2.45, 2.75) is 12.1 Å². The lowest BCUT2D eigenvalue weighted by molar-refractivity contribution is -0.122. The molecule has 0 aromatic carbocycles. The Morgan fingerprint density at radius 1 is 0.900 bits per heavy atom. The molecule has 0 aliphatic rings. The minimum atomic E-state index is -0.668. The number of hydrogen-bond acceptors (Lipinski definition) is 8. The number of aliphatic hydroxyl groups excluding tert-OH is 2. The molecule has 0 fully saturated rings. The average molecular weight is 326 g/mol. The number of aliphatic hydroxyl groups is 2. The molecular formula is C10H22N4O4S2. The third-order valence-electron chi connectivity index (χ3n) is 2.07. The highest BCUT2D eigenvalue weighted by Crippen LogP contribution is 2.22. The van der Waals surface area contributed by atoms with Crippen molar-refractivity contribution in [3.8, 4) is 0 Å². The van der Waals surface area contributed by atoms with Gasteiger partial charge in [0.25, 0.3) is 0 Å². The molecule has 0 heterocycles. The van der Waals surface area contributed by atoms with E-state index in [2.05, 4.69) is 10.6 Å². The Kier molecular flexibility index (Phi) is 11.9. The van der Waals surface area contributed by atoms with Gasteiger partial charge in [0.15, 0.2) is 0 Å². The molecule has 0 rings (SSSR count). The first-order chi connectivity index (χ1) is 9.52. The van der Waals surface area contributed by atoms with E-state index >= 15 is 0 Å². The lowest BCUT2D eigenvalue weighted by Gasteiger charge is -2.13. The molecule has 1 unspecified atom stereocenters. The lowest BCUT2D eigenvalue weighted by Crippen LogP contribution is -2.43. The zero-order valence-corrected chi connectivity index (χ0v) is 12.7. The van der Waals surface area contributed by atoms with Crippen LogP contribution in [-0.2, 0) is 9.59 Å². The monoisotopic (exact) mass is 326 g/mol. The first-order valence-corrected chi connectivity index (χ1v) is 8.54. The molecule has 2 atom stereocenters. The SMILES string of the molecule is NC(CSSC[C@H](N)C(=O)NCCO)C(=O)NCCO. The molecule has 0 saturated carbocycles. The largest absolute Gasteiger partial charge is 0.395 e. The van der Waals surface area contributed by atoms with Gasteiger partial charge in [-0.2, -0.15) is 0 Å². The third kappa shape index (κ3) is 9.39. The number of nitrogens with two attached hydrogens (primary N) is 2. The molecule has 0 aliphatic heterocycles. The van der Waals surface area contributed by atoms with E-state index in [1.807, 2.05) is 0 Å². The number of hydrogen-bond donors (Lipinski definition) is 6. The van der Waals surface area contributed by atoms with Crippen molar-refractivity contribution in [1.29, 1.82) is 0 Å². The summed E-state index contributed by atoms with van der Waals surface area (Å²) in [7, 11) is 2.70. The fraction of sp³-hybridized carbons (Fsp3) is 0.800. The second-order valence-corrected chi connectivity index (χ2v) is 6.36. The van der Waals surface area contributed by atoms with Gasteiger partial charge in [0, 0.05) is 24.6 Å². The minimum absolute atomic E-state index is 0.127. The Hall–Kier alpha value is -0.520. The number of carbonyl (C=O) groups is 2. The molecule has 8 N–H and O–H groups in total. The molecule has 0 saturated heterocycles. The number of amides is 2. The van der Waals surface area contributed by atoms with Crippen LogP contribution in [0.5, 0.6) is 0 Å². The Bertz CT molecular complexity index is 268. The topological polar surface area (TPSA) is 151 Å². The second kappa shape index (κ2) is 12.2. The molecule has 8 nitrogen and oxygen atoms in total. The van der Waals surface area contributed by atoms with Crippen molar-refractivity contribution in [3.05, 3.63) is 0 Å². The van der Waals surface area contributed by atoms with Crippen LogP contribution in [0.25, 0.3) is 0 Å². The standard InChI is InChI=1S/C10H22N4O4S2/c11-7(9(17)13-1-3-15)5-19-20-6-8(12)10(18)14-2-4-16/h7-8,15-16H,1-6,11-12H2,(H,13,17)(H,14,18)/t7-,8?/m0/s1. The van der Waals surface area contributed by atoms with E-state index in [0.717, 1.165) is 0 Å². The Balaban J connectivity index is 3.69. The van der Waals surface area contributed by atoms with Gasteiger partial charge in [-0.05, 0) is 0 Å². The van der Waals surface area contributed by atoms with Crippen molar-refractivity contribution in [3.63, 3.8) is 0 Å². The van der Waals surface area contributed by atoms with Gasteiger partial charge in [-0.25, -0.2) is 0 Å². The zero-order valence-electron chi connectivity index (χ0n) is 11.1. The van der Waals surface area contributed by atoms with Crippen LogP contribution in [0.15, 0.2) is 0 Å². The van der Waals surface area contributed by atoms with Crippen molar-refractivity contribution in [2.75, 3.05) is 37.8 Å². The summed E-state index contributed by atoms with van der Waals surface area (Å²) in [6.07, 6.45) is 0. The summed E-state index contributed by atoms with van der Waals surface area (Å²) in [4.78, 5) is 22.7. The Labute approximate surface area is 125 Å². The number of nitrogens with one attached hydrogen (secondary N) is 2. The van der Waals surface area contributed by atoms with Crippen molar-refractivity contribution >= 4 is 33.4 Å². The Morgan fingerprint density at radius 2 is 1.25 bits per heavy atom. The van der Waals surface area contributed by atoms with E-state index in [-0.39, 0.29) is 38.1 Å². The van der Waals surface area contributed by atoms with E-state index in [4.69, 9.17) is 21.7 Å². The average Bonchev–Trinajstić information content (AvgIpc) is 2.45. The first kappa shape index (κ1) is 19.5. The third-order valence-corrected chi connectivity index (χ3v) is 4.55. The van der Waals surface area contributed by atoms with Crippen LogP contribution >= 0.6 is 21.6 Å². The van der Waals surface area contributed by atoms with Gasteiger partial charge in [0.05, 0.1) is 25.3 Å². The predicted octanol–water partition coefficient (Wildman–Crippen LogP) is -2.76. The fourth-order valence-corrected chi connectivity index (χ4v) is 3.26. The van der Waals surface area contributed by atoms with Crippen LogP contribution in [0.3, 0.4) is 0 Å². The number of rotatable bonds is 11. The second-order valence-electron chi connectivity index (χ2n) is 3.81. The van der Waals surface area contributed by atoms with Gasteiger partial charge >= 0.3 is 0 Å². The van der Waals surface area contributed by atoms with Crippen LogP contribution < -0.4 is 22.1 Å². The quantitative estimate of drug-likeness (QED) is 0.176. The highest BCUT2D eigenvalue weighted by Gasteiger charge is 2.15. The van der Waals surface area contributed by atoms with Gasteiger partial charge in [0.1, 0.15) is 0 Å². The molecule has 0 bridgehead atoms. The van der Waals surface area contributed by atoms with E-state index in [1.165, 1.54) is 21.6 Å². The summed E-state index contributed by atoms with van der Waals surface area (Å²) in [5.74, 6) is 0.120. The molecular weight excluding hydrogens is 304 g/mol. The Morgan fingerprint density at radius 3 is 1.55 bits per heavy atom.